The van der Waals surface area contributed by atoms with Gasteiger partial charge in [-0.1, -0.05) is 38.1 Å². The van der Waals surface area contributed by atoms with Crippen LogP contribution in [0.1, 0.15) is 59.4 Å². The van der Waals surface area contributed by atoms with E-state index >= 15 is 0 Å². The van der Waals surface area contributed by atoms with Crippen molar-refractivity contribution in [2.45, 2.75) is 49.4 Å². The molecule has 1 N–H and O–H groups in total. The number of benzene rings is 3. The summed E-state index contributed by atoms with van der Waals surface area (Å²) < 4.78 is 27.1. The average molecular weight is 536 g/mol. The molecule has 4 rings (SSSR count). The lowest BCUT2D eigenvalue weighted by atomic mass is 10.1. The fourth-order valence-electron chi connectivity index (χ4n) is 4.71. The van der Waals surface area contributed by atoms with Crippen molar-refractivity contribution < 1.29 is 18.2 Å². The number of anilines is 1. The Kier molecular flexibility index (Phi) is 9.42. The Labute approximate surface area is 226 Å². The highest BCUT2D eigenvalue weighted by atomic mass is 32.2. The van der Waals surface area contributed by atoms with Crippen molar-refractivity contribution in [3.05, 3.63) is 89.2 Å². The molecule has 1 aliphatic heterocycles. The number of nitrogens with zero attached hydrogens (tertiary/aromatic N) is 2. The van der Waals surface area contributed by atoms with Crippen LogP contribution in [0.5, 0.6) is 0 Å². The van der Waals surface area contributed by atoms with Crippen LogP contribution in [0.4, 0.5) is 10.1 Å². The monoisotopic (exact) mass is 535 g/mol. The Hall–Kier alpha value is -3.36. The maximum Gasteiger partial charge on any atom is 0.259 e. The summed E-state index contributed by atoms with van der Waals surface area (Å²) in [5.41, 5.74) is 1.87. The van der Waals surface area contributed by atoms with Crippen molar-refractivity contribution in [3.8, 4) is 0 Å². The van der Waals surface area contributed by atoms with E-state index in [0.717, 1.165) is 44.5 Å². The summed E-state index contributed by atoms with van der Waals surface area (Å²) in [6, 6.07) is 17.7. The first-order valence-corrected chi connectivity index (χ1v) is 14.3. The number of rotatable bonds is 11. The van der Waals surface area contributed by atoms with Crippen molar-refractivity contribution in [2.24, 2.45) is 0 Å². The third-order valence-electron chi connectivity index (χ3n) is 6.54. The van der Waals surface area contributed by atoms with Gasteiger partial charge in [-0.15, -0.1) is 0 Å². The highest BCUT2D eigenvalue weighted by molar-refractivity contribution is 7.85. The van der Waals surface area contributed by atoms with Crippen molar-refractivity contribution in [1.82, 2.24) is 10.2 Å². The molecule has 2 amide bonds. The Bertz CT molecular complexity index is 1310. The van der Waals surface area contributed by atoms with Crippen molar-refractivity contribution in [1.29, 1.82) is 0 Å². The minimum Gasteiger partial charge on any atom is -0.352 e. The lowest BCUT2D eigenvalue weighted by molar-refractivity contribution is 0.0948. The van der Waals surface area contributed by atoms with Crippen LogP contribution >= 0.6 is 0 Å². The van der Waals surface area contributed by atoms with E-state index in [1.165, 1.54) is 17.0 Å². The molecule has 8 heteroatoms. The highest BCUT2D eigenvalue weighted by Crippen LogP contribution is 2.36. The number of amides is 2. The van der Waals surface area contributed by atoms with E-state index in [1.54, 1.807) is 54.6 Å². The summed E-state index contributed by atoms with van der Waals surface area (Å²) in [7, 11) is -1.61. The predicted octanol–water partition coefficient (Wildman–Crippen LogP) is 5.39. The lowest BCUT2D eigenvalue weighted by Gasteiger charge is -2.24. The molecule has 3 aromatic carbocycles. The lowest BCUT2D eigenvalue weighted by Crippen LogP contribution is -2.32. The summed E-state index contributed by atoms with van der Waals surface area (Å²) in [5, 5.41) is 2.98. The first kappa shape index (κ1) is 27.7. The normalized spacial score (nSPS) is 14.7. The van der Waals surface area contributed by atoms with Gasteiger partial charge < -0.3 is 15.1 Å². The van der Waals surface area contributed by atoms with E-state index in [-0.39, 0.29) is 24.2 Å². The third-order valence-corrected chi connectivity index (χ3v) is 8.04. The molecule has 1 aliphatic rings. The fourth-order valence-corrected chi connectivity index (χ4v) is 6.05. The number of carbonyl (C=O) groups is 2. The quantitative estimate of drug-likeness (QED) is 0.334. The molecule has 1 heterocycles. The maximum absolute atomic E-state index is 13.7. The Balaban J connectivity index is 1.59. The number of hydrogen-bond acceptors (Lipinski definition) is 4. The molecule has 0 fully saturated rings. The number of halogens is 1. The fraction of sp³-hybridized carbons (Fsp3) is 0.333. The van der Waals surface area contributed by atoms with E-state index < -0.39 is 10.8 Å². The van der Waals surface area contributed by atoms with Gasteiger partial charge in [-0.3, -0.25) is 9.59 Å². The van der Waals surface area contributed by atoms with E-state index in [9.17, 15) is 18.2 Å². The second-order valence-electron chi connectivity index (χ2n) is 9.42. The van der Waals surface area contributed by atoms with Crippen molar-refractivity contribution in [3.63, 3.8) is 0 Å². The van der Waals surface area contributed by atoms with Crippen LogP contribution in [0, 0.1) is 5.82 Å². The van der Waals surface area contributed by atoms with Crippen LogP contribution in [0.2, 0.25) is 0 Å². The molecular formula is C30H34FN3O3S. The van der Waals surface area contributed by atoms with Gasteiger partial charge in [-0.25, -0.2) is 8.60 Å². The number of nitrogens with one attached hydrogen (secondary N) is 1. The van der Waals surface area contributed by atoms with Crippen LogP contribution in [0.25, 0.3) is 0 Å². The molecule has 0 aliphatic carbocycles. The van der Waals surface area contributed by atoms with Gasteiger partial charge in [0, 0.05) is 12.1 Å². The standard InChI is InChI=1S/C30H34FN3O3S/c1-3-17-33(18-4-2)19-7-16-32-29(35)23-12-15-28-26(20-23)34(21-22-10-13-24(31)14-11-22)30(36)25-8-5-6-9-27(25)38(28)37/h5-6,8-15,20H,3-4,7,16-19,21H2,1-2H3,(H,32,35). The first-order chi connectivity index (χ1) is 18.4. The van der Waals surface area contributed by atoms with Gasteiger partial charge in [0.25, 0.3) is 11.8 Å². The van der Waals surface area contributed by atoms with Gasteiger partial charge in [0.1, 0.15) is 5.82 Å². The zero-order valence-electron chi connectivity index (χ0n) is 21.9. The molecule has 6 nitrogen and oxygen atoms in total. The third kappa shape index (κ3) is 6.37. The van der Waals surface area contributed by atoms with Gasteiger partial charge in [-0.05, 0) is 86.9 Å². The van der Waals surface area contributed by atoms with E-state index in [0.29, 0.717) is 33.2 Å². The van der Waals surface area contributed by atoms with Crippen LogP contribution in [-0.2, 0) is 17.3 Å². The number of carbonyl (C=O) groups excluding carboxylic acids is 2. The van der Waals surface area contributed by atoms with Crippen molar-refractivity contribution in [2.75, 3.05) is 31.1 Å². The predicted molar refractivity (Wildman–Crippen MR) is 148 cm³/mol. The largest absolute Gasteiger partial charge is 0.352 e. The summed E-state index contributed by atoms with van der Waals surface area (Å²) in [4.78, 5) is 31.6. The number of hydrogen-bond donors (Lipinski definition) is 1. The van der Waals surface area contributed by atoms with Gasteiger partial charge in [0.15, 0.2) is 0 Å². The van der Waals surface area contributed by atoms with Crippen LogP contribution < -0.4 is 10.2 Å². The topological polar surface area (TPSA) is 69.7 Å². The average Bonchev–Trinajstić information content (AvgIpc) is 3.01. The smallest absolute Gasteiger partial charge is 0.259 e. The molecule has 0 saturated heterocycles. The molecule has 1 atom stereocenters. The molecule has 0 aromatic heterocycles. The maximum atomic E-state index is 13.7. The molecular weight excluding hydrogens is 501 g/mol. The zero-order chi connectivity index (χ0) is 27.1. The van der Waals surface area contributed by atoms with Gasteiger partial charge in [0.05, 0.1) is 38.4 Å². The Morgan fingerprint density at radius 3 is 2.37 bits per heavy atom. The minimum absolute atomic E-state index is 0.146. The second kappa shape index (κ2) is 12.9. The van der Waals surface area contributed by atoms with E-state index in [2.05, 4.69) is 24.1 Å². The summed E-state index contributed by atoms with van der Waals surface area (Å²) in [6.07, 6.45) is 3.03. The summed E-state index contributed by atoms with van der Waals surface area (Å²) in [5.74, 6) is -0.928. The molecule has 200 valence electrons. The van der Waals surface area contributed by atoms with Gasteiger partial charge >= 0.3 is 0 Å². The van der Waals surface area contributed by atoms with Crippen LogP contribution in [0.15, 0.2) is 76.5 Å². The molecule has 0 bridgehead atoms. The van der Waals surface area contributed by atoms with Crippen molar-refractivity contribution >= 4 is 28.3 Å². The molecule has 38 heavy (non-hydrogen) atoms. The van der Waals surface area contributed by atoms with Crippen LogP contribution in [0.3, 0.4) is 0 Å². The second-order valence-corrected chi connectivity index (χ2v) is 10.8. The Morgan fingerprint density at radius 2 is 1.66 bits per heavy atom. The molecule has 0 saturated carbocycles. The first-order valence-electron chi connectivity index (χ1n) is 13.1. The highest BCUT2D eigenvalue weighted by Gasteiger charge is 2.31. The minimum atomic E-state index is -1.61. The van der Waals surface area contributed by atoms with Gasteiger partial charge in [-0.2, -0.15) is 0 Å². The summed E-state index contributed by atoms with van der Waals surface area (Å²) in [6.45, 7) is 8.02. The molecule has 3 aromatic rings. The molecule has 1 unspecified atom stereocenters. The van der Waals surface area contributed by atoms with Gasteiger partial charge in [0.2, 0.25) is 0 Å². The Morgan fingerprint density at radius 1 is 0.947 bits per heavy atom. The molecule has 0 radical (unpaired) electrons. The summed E-state index contributed by atoms with van der Waals surface area (Å²) >= 11 is 0. The molecule has 0 spiro atoms. The van der Waals surface area contributed by atoms with E-state index in [4.69, 9.17) is 0 Å². The zero-order valence-corrected chi connectivity index (χ0v) is 22.7. The number of fused-ring (bicyclic) bond motifs is 2. The van der Waals surface area contributed by atoms with E-state index in [1.807, 2.05) is 0 Å². The SMILES string of the molecule is CCCN(CCC)CCCNC(=O)c1ccc2c(c1)N(Cc1ccc(F)cc1)C(=O)c1ccccc1S2=O. The van der Waals surface area contributed by atoms with Crippen LogP contribution in [-0.4, -0.2) is 47.1 Å².